The lowest BCUT2D eigenvalue weighted by Crippen LogP contribution is -2.23. The van der Waals surface area contributed by atoms with E-state index in [1.165, 1.54) is 6.08 Å². The van der Waals surface area contributed by atoms with Gasteiger partial charge in [0.05, 0.1) is 18.6 Å². The van der Waals surface area contributed by atoms with Gasteiger partial charge in [0.25, 0.3) is 5.91 Å². The summed E-state index contributed by atoms with van der Waals surface area (Å²) in [6.45, 7) is 2.20. The van der Waals surface area contributed by atoms with E-state index in [2.05, 4.69) is 15.3 Å². The van der Waals surface area contributed by atoms with Crippen molar-refractivity contribution >= 4 is 18.0 Å². The zero-order valence-electron chi connectivity index (χ0n) is 11.5. The average molecular weight is 285 g/mol. The van der Waals surface area contributed by atoms with Crippen molar-refractivity contribution in [1.29, 1.82) is 0 Å². The summed E-state index contributed by atoms with van der Waals surface area (Å²) in [5.41, 5.74) is 2.95. The van der Waals surface area contributed by atoms with Crippen LogP contribution in [0.1, 0.15) is 27.2 Å². The van der Waals surface area contributed by atoms with E-state index in [4.69, 9.17) is 5.11 Å². The van der Waals surface area contributed by atoms with Crippen molar-refractivity contribution in [2.75, 3.05) is 0 Å². The molecule has 0 atom stereocenters. The second kappa shape index (κ2) is 6.51. The van der Waals surface area contributed by atoms with E-state index >= 15 is 0 Å². The van der Waals surface area contributed by atoms with Crippen LogP contribution in [0.4, 0.5) is 0 Å². The van der Waals surface area contributed by atoms with Gasteiger partial charge in [-0.15, -0.1) is 0 Å². The molecule has 0 radical (unpaired) electrons. The van der Waals surface area contributed by atoms with Crippen molar-refractivity contribution in [3.05, 3.63) is 59.2 Å². The molecule has 6 heteroatoms. The zero-order chi connectivity index (χ0) is 15.2. The van der Waals surface area contributed by atoms with Crippen LogP contribution in [-0.2, 0) is 11.3 Å². The number of aromatic nitrogens is 2. The summed E-state index contributed by atoms with van der Waals surface area (Å²) in [6, 6.07) is 5.11. The lowest BCUT2D eigenvalue weighted by atomic mass is 10.0. The molecular formula is C15H15N3O3. The Kier molecular flexibility index (Phi) is 4.50. The molecule has 6 nitrogen and oxygen atoms in total. The fourth-order valence-corrected chi connectivity index (χ4v) is 1.82. The third kappa shape index (κ3) is 4.04. The monoisotopic (exact) mass is 285 g/mol. The second-order valence-corrected chi connectivity index (χ2v) is 4.50. The number of amides is 1. The van der Waals surface area contributed by atoms with Crippen molar-refractivity contribution in [2.24, 2.45) is 0 Å². The summed E-state index contributed by atoms with van der Waals surface area (Å²) in [5, 5.41) is 11.4. The maximum absolute atomic E-state index is 12.0. The first-order valence-electron chi connectivity index (χ1n) is 6.33. The number of H-pyrrole nitrogens is 1. The van der Waals surface area contributed by atoms with Crippen molar-refractivity contribution in [3.8, 4) is 0 Å². The Hall–Kier alpha value is -2.89. The maximum atomic E-state index is 12.0. The lowest BCUT2D eigenvalue weighted by Gasteiger charge is -2.06. The topological polar surface area (TPSA) is 95.1 Å². The number of benzene rings is 1. The number of carboxylic acids is 1. The van der Waals surface area contributed by atoms with Gasteiger partial charge in [-0.2, -0.15) is 0 Å². The number of nitrogens with one attached hydrogen (secondary N) is 2. The average Bonchev–Trinajstić information content (AvgIpc) is 2.96. The fourth-order valence-electron chi connectivity index (χ4n) is 1.82. The smallest absolute Gasteiger partial charge is 0.328 e. The lowest BCUT2D eigenvalue weighted by molar-refractivity contribution is -0.131. The quantitative estimate of drug-likeness (QED) is 0.729. The minimum atomic E-state index is -1.00. The van der Waals surface area contributed by atoms with Gasteiger partial charge in [-0.25, -0.2) is 9.78 Å². The van der Waals surface area contributed by atoms with E-state index in [1.54, 1.807) is 30.7 Å². The van der Waals surface area contributed by atoms with Crippen LogP contribution in [0, 0.1) is 6.92 Å². The molecule has 0 aliphatic rings. The van der Waals surface area contributed by atoms with Gasteiger partial charge in [0.2, 0.25) is 0 Å². The summed E-state index contributed by atoms with van der Waals surface area (Å²) >= 11 is 0. The maximum Gasteiger partial charge on any atom is 0.328 e. The number of carbonyl (C=O) groups is 2. The molecule has 3 N–H and O–H groups in total. The van der Waals surface area contributed by atoms with Crippen LogP contribution in [0.5, 0.6) is 0 Å². The van der Waals surface area contributed by atoms with Crippen LogP contribution in [0.15, 0.2) is 36.8 Å². The van der Waals surface area contributed by atoms with Crippen LogP contribution in [-0.4, -0.2) is 27.0 Å². The third-order valence-corrected chi connectivity index (χ3v) is 2.93. The Labute approximate surface area is 121 Å². The number of hydrogen-bond acceptors (Lipinski definition) is 3. The Morgan fingerprint density at radius 1 is 1.43 bits per heavy atom. The molecule has 2 rings (SSSR count). The van der Waals surface area contributed by atoms with E-state index in [0.717, 1.165) is 22.9 Å². The summed E-state index contributed by atoms with van der Waals surface area (Å²) in [4.78, 5) is 29.3. The molecule has 2 aromatic rings. The van der Waals surface area contributed by atoms with Crippen molar-refractivity contribution in [3.63, 3.8) is 0 Å². The molecule has 0 saturated carbocycles. The SMILES string of the molecule is Cc1cc(C(=O)NCc2cnc[nH]2)ccc1/C=C/C(=O)O. The molecule has 0 spiro atoms. The Bertz CT molecular complexity index is 675. The first kappa shape index (κ1) is 14.5. The first-order chi connectivity index (χ1) is 10.1. The fraction of sp³-hybridized carbons (Fsp3) is 0.133. The van der Waals surface area contributed by atoms with E-state index in [-0.39, 0.29) is 5.91 Å². The molecule has 1 aromatic carbocycles. The molecule has 0 aliphatic heterocycles. The molecule has 0 aliphatic carbocycles. The van der Waals surface area contributed by atoms with Gasteiger partial charge in [0, 0.05) is 17.8 Å². The number of carbonyl (C=O) groups excluding carboxylic acids is 1. The Morgan fingerprint density at radius 3 is 2.86 bits per heavy atom. The van der Waals surface area contributed by atoms with Crippen molar-refractivity contribution < 1.29 is 14.7 Å². The van der Waals surface area contributed by atoms with Crippen LogP contribution < -0.4 is 5.32 Å². The molecule has 1 aromatic heterocycles. The second-order valence-electron chi connectivity index (χ2n) is 4.50. The highest BCUT2D eigenvalue weighted by atomic mass is 16.4. The first-order valence-corrected chi connectivity index (χ1v) is 6.33. The number of rotatable bonds is 5. The predicted molar refractivity (Wildman–Crippen MR) is 77.6 cm³/mol. The van der Waals surface area contributed by atoms with Crippen molar-refractivity contribution in [1.82, 2.24) is 15.3 Å². The van der Waals surface area contributed by atoms with Crippen molar-refractivity contribution in [2.45, 2.75) is 13.5 Å². The number of hydrogen-bond donors (Lipinski definition) is 3. The number of nitrogens with zero attached hydrogens (tertiary/aromatic N) is 1. The summed E-state index contributed by atoms with van der Waals surface area (Å²) in [5.74, 6) is -1.20. The van der Waals surface area contributed by atoms with Gasteiger partial charge in [-0.05, 0) is 36.3 Å². The van der Waals surface area contributed by atoms with Crippen LogP contribution in [0.3, 0.4) is 0 Å². The minimum absolute atomic E-state index is 0.193. The minimum Gasteiger partial charge on any atom is -0.478 e. The highest BCUT2D eigenvalue weighted by Gasteiger charge is 2.07. The van der Waals surface area contributed by atoms with Crippen LogP contribution >= 0.6 is 0 Å². The third-order valence-electron chi connectivity index (χ3n) is 2.93. The van der Waals surface area contributed by atoms with Gasteiger partial charge in [-0.1, -0.05) is 6.07 Å². The largest absolute Gasteiger partial charge is 0.478 e. The Morgan fingerprint density at radius 2 is 2.24 bits per heavy atom. The highest BCUT2D eigenvalue weighted by molar-refractivity contribution is 5.94. The van der Waals surface area contributed by atoms with E-state index in [1.807, 2.05) is 6.92 Å². The van der Waals surface area contributed by atoms with Gasteiger partial charge in [-0.3, -0.25) is 4.79 Å². The molecule has 0 bridgehead atoms. The molecule has 108 valence electrons. The van der Waals surface area contributed by atoms with Gasteiger partial charge in [0.1, 0.15) is 0 Å². The number of carboxylic acid groups (broad SMARTS) is 1. The summed E-state index contributed by atoms with van der Waals surface area (Å²) in [6.07, 6.45) is 5.77. The van der Waals surface area contributed by atoms with Crippen LogP contribution in [0.2, 0.25) is 0 Å². The summed E-state index contributed by atoms with van der Waals surface area (Å²) in [7, 11) is 0. The Balaban J connectivity index is 2.05. The number of aliphatic carboxylic acids is 1. The molecule has 0 saturated heterocycles. The molecule has 0 fully saturated rings. The molecule has 1 heterocycles. The summed E-state index contributed by atoms with van der Waals surface area (Å²) < 4.78 is 0. The molecule has 0 unspecified atom stereocenters. The van der Waals surface area contributed by atoms with Gasteiger partial charge < -0.3 is 15.4 Å². The normalized spacial score (nSPS) is 10.7. The molecule has 1 amide bonds. The standard InChI is InChI=1S/C15H15N3O3/c1-10-6-12(3-2-11(10)4-5-14(19)20)15(21)17-8-13-7-16-9-18-13/h2-7,9H,8H2,1H3,(H,16,18)(H,17,21)(H,19,20)/b5-4+. The number of imidazole rings is 1. The number of aromatic amines is 1. The molecule has 21 heavy (non-hydrogen) atoms. The van der Waals surface area contributed by atoms with E-state index in [9.17, 15) is 9.59 Å². The van der Waals surface area contributed by atoms with Gasteiger partial charge >= 0.3 is 5.97 Å². The van der Waals surface area contributed by atoms with Gasteiger partial charge in [0.15, 0.2) is 0 Å². The molecular weight excluding hydrogens is 270 g/mol. The predicted octanol–water partition coefficient (Wildman–Crippen LogP) is 1.75. The zero-order valence-corrected chi connectivity index (χ0v) is 11.5. The van der Waals surface area contributed by atoms with Crippen LogP contribution in [0.25, 0.3) is 6.08 Å². The van der Waals surface area contributed by atoms with E-state index in [0.29, 0.717) is 12.1 Å². The van der Waals surface area contributed by atoms with E-state index < -0.39 is 5.97 Å². The number of aryl methyl sites for hydroxylation is 1. The highest BCUT2D eigenvalue weighted by Crippen LogP contribution is 2.13.